The molecule has 0 aliphatic carbocycles. The maximum Gasteiger partial charge on any atom is 0.414 e. The second kappa shape index (κ2) is 8.26. The largest absolute Gasteiger partial charge is 0.465 e. The smallest absolute Gasteiger partial charge is 0.414 e. The van der Waals surface area contributed by atoms with Gasteiger partial charge in [0.2, 0.25) is 0 Å². The highest BCUT2D eigenvalue weighted by atomic mass is 35.5. The van der Waals surface area contributed by atoms with Crippen molar-refractivity contribution in [3.05, 3.63) is 33.8 Å². The minimum Gasteiger partial charge on any atom is -0.465 e. The van der Waals surface area contributed by atoms with Crippen molar-refractivity contribution in [3.8, 4) is 0 Å². The van der Waals surface area contributed by atoms with Crippen molar-refractivity contribution in [1.29, 1.82) is 0 Å². The van der Waals surface area contributed by atoms with Crippen LogP contribution in [0.3, 0.4) is 0 Å². The molecule has 1 amide bonds. The molecule has 1 fully saturated rings. The van der Waals surface area contributed by atoms with Crippen LogP contribution in [0.5, 0.6) is 0 Å². The zero-order valence-electron chi connectivity index (χ0n) is 15.5. The quantitative estimate of drug-likeness (QED) is 0.674. The fourth-order valence-electron chi connectivity index (χ4n) is 3.10. The Kier molecular flexibility index (Phi) is 6.80. The number of hydrogen-bond donors (Lipinski definition) is 2. The van der Waals surface area contributed by atoms with Gasteiger partial charge in [-0.2, -0.15) is 13.2 Å². The van der Waals surface area contributed by atoms with E-state index in [0.29, 0.717) is 0 Å². The van der Waals surface area contributed by atoms with Crippen LogP contribution < -0.4 is 0 Å². The predicted molar refractivity (Wildman–Crippen MR) is 98.7 cm³/mol. The van der Waals surface area contributed by atoms with E-state index in [0.717, 1.165) is 4.90 Å². The van der Waals surface area contributed by atoms with Gasteiger partial charge >= 0.3 is 12.3 Å². The molecule has 0 aromatic heterocycles. The fraction of sp³-hybridized carbons (Fsp3) is 0.611. The summed E-state index contributed by atoms with van der Waals surface area (Å²) in [5, 5.41) is 19.8. The molecule has 2 N–H and O–H groups in total. The lowest BCUT2D eigenvalue weighted by Crippen LogP contribution is -2.45. The van der Waals surface area contributed by atoms with Crippen molar-refractivity contribution in [2.45, 2.75) is 45.3 Å². The highest BCUT2D eigenvalue weighted by molar-refractivity contribution is 6.42. The van der Waals surface area contributed by atoms with Crippen LogP contribution in [-0.2, 0) is 4.74 Å². The number of halogens is 5. The highest BCUT2D eigenvalue weighted by Gasteiger charge is 2.50. The maximum atomic E-state index is 13.3. The molecule has 1 heterocycles. The number of nitrogens with zero attached hydrogens (tertiary/aromatic N) is 1. The molecule has 5 nitrogen and oxygen atoms in total. The second-order valence-corrected chi connectivity index (χ2v) is 8.74. The molecular formula is C18H22Cl2F3NO4. The normalized spacial score (nSPS) is 25.3. The number of aliphatic hydroxyl groups is 1. The van der Waals surface area contributed by atoms with E-state index in [1.54, 1.807) is 20.8 Å². The standard InChI is InChI=1S/C18H22Cl2F3NO4/c1-17(2,3)13-8-24(16(26)27)7-10(15(25)18(21,22)23)14(28-13)9-4-5-11(19)12(20)6-9/h4-6,10,13-15,25H,7-8H2,1-3H3,(H,26,27)/t10-,13?,14+,15?/m1/s1. The van der Waals surface area contributed by atoms with Crippen LogP contribution in [0.2, 0.25) is 10.0 Å². The Balaban J connectivity index is 2.57. The van der Waals surface area contributed by atoms with Gasteiger partial charge in [-0.3, -0.25) is 0 Å². The third-order valence-electron chi connectivity index (χ3n) is 4.77. The van der Waals surface area contributed by atoms with Crippen LogP contribution in [0, 0.1) is 11.3 Å². The molecule has 0 saturated carbocycles. The summed E-state index contributed by atoms with van der Waals surface area (Å²) in [6.07, 6.45) is -11.1. The Morgan fingerprint density at radius 2 is 1.82 bits per heavy atom. The summed E-state index contributed by atoms with van der Waals surface area (Å²) >= 11 is 11.9. The summed E-state index contributed by atoms with van der Waals surface area (Å²) in [5.74, 6) is -1.58. The highest BCUT2D eigenvalue weighted by Crippen LogP contribution is 2.42. The molecule has 1 aromatic carbocycles. The first-order valence-corrected chi connectivity index (χ1v) is 9.30. The number of rotatable bonds is 2. The number of hydrogen-bond acceptors (Lipinski definition) is 3. The van der Waals surface area contributed by atoms with Crippen molar-refractivity contribution in [2.24, 2.45) is 11.3 Å². The lowest BCUT2D eigenvalue weighted by Gasteiger charge is -2.35. The van der Waals surface area contributed by atoms with Crippen LogP contribution in [0.4, 0.5) is 18.0 Å². The first-order chi connectivity index (χ1) is 12.7. The molecule has 158 valence electrons. The molecule has 0 spiro atoms. The van der Waals surface area contributed by atoms with Crippen molar-refractivity contribution in [2.75, 3.05) is 13.1 Å². The first kappa shape index (κ1) is 23.1. The monoisotopic (exact) mass is 443 g/mol. The number of benzene rings is 1. The van der Waals surface area contributed by atoms with E-state index in [2.05, 4.69) is 0 Å². The molecule has 1 aliphatic rings. The number of carbonyl (C=O) groups is 1. The van der Waals surface area contributed by atoms with Gasteiger partial charge in [0.05, 0.1) is 28.8 Å². The number of amides is 1. The summed E-state index contributed by atoms with van der Waals surface area (Å²) in [7, 11) is 0. The van der Waals surface area contributed by atoms with Gasteiger partial charge in [0.25, 0.3) is 0 Å². The van der Waals surface area contributed by atoms with Gasteiger partial charge in [-0.15, -0.1) is 0 Å². The minimum absolute atomic E-state index is 0.120. The van der Waals surface area contributed by atoms with E-state index in [1.165, 1.54) is 18.2 Å². The fourth-order valence-corrected chi connectivity index (χ4v) is 3.41. The van der Waals surface area contributed by atoms with E-state index in [9.17, 15) is 28.2 Å². The SMILES string of the molecule is CC(C)(C)C1CN(C(=O)O)C[C@@H](C(O)C(F)(F)F)[C@H](c2ccc(Cl)c(Cl)c2)O1. The van der Waals surface area contributed by atoms with Gasteiger partial charge in [0.1, 0.15) is 0 Å². The number of aliphatic hydroxyl groups excluding tert-OH is 1. The molecule has 10 heteroatoms. The third-order valence-corrected chi connectivity index (χ3v) is 5.51. The summed E-state index contributed by atoms with van der Waals surface area (Å²) in [4.78, 5) is 12.5. The van der Waals surface area contributed by atoms with Crippen molar-refractivity contribution >= 4 is 29.3 Å². The number of carboxylic acid groups (broad SMARTS) is 1. The zero-order chi connectivity index (χ0) is 21.4. The summed E-state index contributed by atoms with van der Waals surface area (Å²) < 4.78 is 46.0. The van der Waals surface area contributed by atoms with Crippen molar-refractivity contribution in [1.82, 2.24) is 4.90 Å². The summed E-state index contributed by atoms with van der Waals surface area (Å²) in [6.45, 7) is 4.71. The Bertz CT molecular complexity index is 724. The predicted octanol–water partition coefficient (Wildman–Crippen LogP) is 5.00. The van der Waals surface area contributed by atoms with E-state index >= 15 is 0 Å². The van der Waals surface area contributed by atoms with E-state index in [4.69, 9.17) is 27.9 Å². The van der Waals surface area contributed by atoms with Gasteiger partial charge in [0, 0.05) is 12.5 Å². The molecule has 1 aromatic rings. The Morgan fingerprint density at radius 1 is 1.21 bits per heavy atom. The molecule has 2 unspecified atom stereocenters. The van der Waals surface area contributed by atoms with Crippen LogP contribution in [0.15, 0.2) is 18.2 Å². The van der Waals surface area contributed by atoms with Crippen molar-refractivity contribution in [3.63, 3.8) is 0 Å². The van der Waals surface area contributed by atoms with E-state index < -0.39 is 48.5 Å². The van der Waals surface area contributed by atoms with Crippen LogP contribution in [-0.4, -0.2) is 52.7 Å². The lowest BCUT2D eigenvalue weighted by molar-refractivity contribution is -0.233. The average Bonchev–Trinajstić information content (AvgIpc) is 2.76. The second-order valence-electron chi connectivity index (χ2n) is 7.92. The molecule has 1 saturated heterocycles. The maximum absolute atomic E-state index is 13.3. The van der Waals surface area contributed by atoms with Gasteiger partial charge in [-0.05, 0) is 23.1 Å². The molecule has 0 radical (unpaired) electrons. The first-order valence-electron chi connectivity index (χ1n) is 8.55. The lowest BCUT2D eigenvalue weighted by atomic mass is 9.88. The Labute approximate surface area is 171 Å². The van der Waals surface area contributed by atoms with E-state index in [-0.39, 0.29) is 22.2 Å². The van der Waals surface area contributed by atoms with Gasteiger partial charge in [-0.25, -0.2) is 4.79 Å². The van der Waals surface area contributed by atoms with Crippen LogP contribution in [0.1, 0.15) is 32.4 Å². The van der Waals surface area contributed by atoms with Gasteiger partial charge in [-0.1, -0.05) is 50.0 Å². The molecule has 28 heavy (non-hydrogen) atoms. The Hall–Kier alpha value is -1.22. The van der Waals surface area contributed by atoms with Crippen molar-refractivity contribution < 1.29 is 32.9 Å². The average molecular weight is 444 g/mol. The molecule has 1 aliphatic heterocycles. The minimum atomic E-state index is -4.95. The number of alkyl halides is 3. The van der Waals surface area contributed by atoms with Gasteiger partial charge in [0.15, 0.2) is 6.10 Å². The third kappa shape index (κ3) is 5.23. The van der Waals surface area contributed by atoms with Crippen LogP contribution >= 0.6 is 23.2 Å². The topological polar surface area (TPSA) is 70.0 Å². The molecule has 0 bridgehead atoms. The Morgan fingerprint density at radius 3 is 2.29 bits per heavy atom. The summed E-state index contributed by atoms with van der Waals surface area (Å²) in [5.41, 5.74) is -0.288. The molecule has 4 atom stereocenters. The van der Waals surface area contributed by atoms with Crippen LogP contribution in [0.25, 0.3) is 0 Å². The zero-order valence-corrected chi connectivity index (χ0v) is 17.0. The number of ether oxygens (including phenoxy) is 1. The molecule has 2 rings (SSSR count). The van der Waals surface area contributed by atoms with Gasteiger partial charge < -0.3 is 19.8 Å². The van der Waals surface area contributed by atoms with E-state index in [1.807, 2.05) is 0 Å². The summed E-state index contributed by atoms with van der Waals surface area (Å²) in [6, 6.07) is 4.26. The molecular weight excluding hydrogens is 422 g/mol.